The second-order valence-electron chi connectivity index (χ2n) is 9.31. The molecule has 3 aromatic carbocycles. The van der Waals surface area contributed by atoms with Crippen molar-refractivity contribution in [3.05, 3.63) is 89.5 Å². The molecule has 36 heavy (non-hydrogen) atoms. The maximum Gasteiger partial charge on any atom is 0.229 e. The number of anilines is 1. The van der Waals surface area contributed by atoms with Gasteiger partial charge in [-0.2, -0.15) is 0 Å². The topological polar surface area (TPSA) is 96.9 Å². The van der Waals surface area contributed by atoms with E-state index in [4.69, 9.17) is 9.47 Å². The van der Waals surface area contributed by atoms with Crippen LogP contribution in [-0.2, 0) is 29.5 Å². The van der Waals surface area contributed by atoms with E-state index in [1.165, 1.54) is 11.1 Å². The summed E-state index contributed by atoms with van der Waals surface area (Å²) in [5.74, 6) is 1.39. The van der Waals surface area contributed by atoms with Crippen LogP contribution in [0, 0.1) is 5.92 Å². The quantitative estimate of drug-likeness (QED) is 0.343. The Kier molecular flexibility index (Phi) is 8.85. The molecule has 0 aromatic heterocycles. The fourth-order valence-corrected chi connectivity index (χ4v) is 4.95. The van der Waals surface area contributed by atoms with Gasteiger partial charge in [0.25, 0.3) is 0 Å². The largest absolute Gasteiger partial charge is 0.491 e. The standard InChI is InChI=1S/C28H34N2O5S/c1-36(32,33)30-27-16-26(13-14-28(27)35-19-21-7-3-2-4-8-21)34-20-25(31)18-29-17-22-11-12-23-9-5-6-10-24(23)15-22/h2-10,13-14,16,22,25,29-31H,11-12,15,17-20H2,1H3/t22?,25-/m1/s1. The summed E-state index contributed by atoms with van der Waals surface area (Å²) in [6.45, 7) is 1.66. The molecule has 1 aliphatic carbocycles. The van der Waals surface area contributed by atoms with Gasteiger partial charge in [0.05, 0.1) is 11.9 Å². The highest BCUT2D eigenvalue weighted by atomic mass is 32.2. The highest BCUT2D eigenvalue weighted by Gasteiger charge is 2.18. The van der Waals surface area contributed by atoms with E-state index >= 15 is 0 Å². The lowest BCUT2D eigenvalue weighted by atomic mass is 9.84. The van der Waals surface area contributed by atoms with Gasteiger partial charge >= 0.3 is 0 Å². The molecule has 0 fully saturated rings. The second-order valence-corrected chi connectivity index (χ2v) is 11.1. The summed E-state index contributed by atoms with van der Waals surface area (Å²) in [5.41, 5.74) is 4.13. The SMILES string of the molecule is CS(=O)(=O)Nc1cc(OC[C@H](O)CNCC2CCc3ccccc3C2)ccc1OCc1ccccc1. The number of fused-ring (bicyclic) bond motifs is 1. The minimum Gasteiger partial charge on any atom is -0.491 e. The molecule has 0 saturated heterocycles. The number of aryl methyl sites for hydroxylation is 1. The van der Waals surface area contributed by atoms with Crippen LogP contribution < -0.4 is 19.5 Å². The number of rotatable bonds is 12. The average molecular weight is 511 g/mol. The lowest BCUT2D eigenvalue weighted by Crippen LogP contribution is -2.35. The molecule has 4 rings (SSSR count). The number of nitrogens with one attached hydrogen (secondary N) is 2. The second kappa shape index (κ2) is 12.3. The van der Waals surface area contributed by atoms with Crippen molar-refractivity contribution in [2.45, 2.75) is 32.0 Å². The van der Waals surface area contributed by atoms with Crippen molar-refractivity contribution < 1.29 is 23.0 Å². The summed E-state index contributed by atoms with van der Waals surface area (Å²) in [5, 5.41) is 13.8. The lowest BCUT2D eigenvalue weighted by molar-refractivity contribution is 0.105. The molecular weight excluding hydrogens is 476 g/mol. The zero-order valence-corrected chi connectivity index (χ0v) is 21.3. The highest BCUT2D eigenvalue weighted by Crippen LogP contribution is 2.31. The van der Waals surface area contributed by atoms with E-state index in [0.29, 0.717) is 30.6 Å². The minimum absolute atomic E-state index is 0.0863. The first-order chi connectivity index (χ1) is 17.4. The van der Waals surface area contributed by atoms with Crippen LogP contribution in [0.15, 0.2) is 72.8 Å². The number of ether oxygens (including phenoxy) is 2. The normalized spacial score (nSPS) is 16.1. The first kappa shape index (κ1) is 26.0. The van der Waals surface area contributed by atoms with E-state index in [-0.39, 0.29) is 12.3 Å². The summed E-state index contributed by atoms with van der Waals surface area (Å²) in [7, 11) is -3.52. The van der Waals surface area contributed by atoms with Gasteiger partial charge in [0.15, 0.2) is 0 Å². The summed E-state index contributed by atoms with van der Waals surface area (Å²) in [4.78, 5) is 0. The fourth-order valence-electron chi connectivity index (χ4n) is 4.39. The van der Waals surface area contributed by atoms with E-state index in [0.717, 1.165) is 37.6 Å². The number of aliphatic hydroxyl groups excluding tert-OH is 1. The molecule has 3 aromatic rings. The van der Waals surface area contributed by atoms with Gasteiger partial charge in [-0.05, 0) is 60.5 Å². The van der Waals surface area contributed by atoms with Crippen molar-refractivity contribution in [1.29, 1.82) is 0 Å². The number of aliphatic hydroxyl groups is 1. The Bertz CT molecular complexity index is 1230. The molecule has 192 valence electrons. The Hall–Kier alpha value is -3.07. The molecule has 0 heterocycles. The molecule has 0 saturated carbocycles. The van der Waals surface area contributed by atoms with Crippen LogP contribution in [0.25, 0.3) is 0 Å². The van der Waals surface area contributed by atoms with Gasteiger partial charge in [-0.3, -0.25) is 4.72 Å². The maximum atomic E-state index is 11.9. The Balaban J connectivity index is 1.26. The van der Waals surface area contributed by atoms with Crippen LogP contribution in [0.5, 0.6) is 11.5 Å². The van der Waals surface area contributed by atoms with E-state index in [9.17, 15) is 13.5 Å². The summed E-state index contributed by atoms with van der Waals surface area (Å²) >= 11 is 0. The Labute approximate surface area is 213 Å². The molecule has 0 aliphatic heterocycles. The van der Waals surface area contributed by atoms with Crippen LogP contribution in [-0.4, -0.2) is 45.6 Å². The summed E-state index contributed by atoms with van der Waals surface area (Å²) < 4.78 is 37.8. The molecule has 0 radical (unpaired) electrons. The van der Waals surface area contributed by atoms with E-state index in [1.807, 2.05) is 30.3 Å². The zero-order chi connectivity index (χ0) is 25.4. The molecule has 0 amide bonds. The van der Waals surface area contributed by atoms with Crippen molar-refractivity contribution in [3.63, 3.8) is 0 Å². The van der Waals surface area contributed by atoms with Crippen molar-refractivity contribution >= 4 is 15.7 Å². The third kappa shape index (κ3) is 7.98. The van der Waals surface area contributed by atoms with Gasteiger partial charge in [-0.1, -0.05) is 54.6 Å². The molecule has 1 aliphatic rings. The van der Waals surface area contributed by atoms with E-state index in [1.54, 1.807) is 18.2 Å². The highest BCUT2D eigenvalue weighted by molar-refractivity contribution is 7.92. The number of hydrogen-bond acceptors (Lipinski definition) is 6. The van der Waals surface area contributed by atoms with Gasteiger partial charge in [0, 0.05) is 12.6 Å². The third-order valence-corrected chi connectivity index (χ3v) is 6.78. The molecule has 1 unspecified atom stereocenters. The fraction of sp³-hybridized carbons (Fsp3) is 0.357. The molecule has 0 spiro atoms. The first-order valence-electron chi connectivity index (χ1n) is 12.2. The van der Waals surface area contributed by atoms with Gasteiger partial charge in [-0.25, -0.2) is 8.42 Å². The van der Waals surface area contributed by atoms with Crippen LogP contribution >= 0.6 is 0 Å². The van der Waals surface area contributed by atoms with Gasteiger partial charge in [-0.15, -0.1) is 0 Å². The van der Waals surface area contributed by atoms with Crippen LogP contribution in [0.3, 0.4) is 0 Å². The predicted octanol–water partition coefficient (Wildman–Crippen LogP) is 3.77. The van der Waals surface area contributed by atoms with Gasteiger partial charge < -0.3 is 19.9 Å². The molecule has 8 heteroatoms. The zero-order valence-electron chi connectivity index (χ0n) is 20.5. The van der Waals surface area contributed by atoms with Crippen LogP contribution in [0.1, 0.15) is 23.1 Å². The molecule has 7 nitrogen and oxygen atoms in total. The van der Waals surface area contributed by atoms with Crippen LogP contribution in [0.4, 0.5) is 5.69 Å². The first-order valence-corrected chi connectivity index (χ1v) is 14.1. The van der Waals surface area contributed by atoms with Gasteiger partial charge in [0.1, 0.15) is 30.8 Å². The van der Waals surface area contributed by atoms with E-state index < -0.39 is 16.1 Å². The van der Waals surface area contributed by atoms with Crippen molar-refractivity contribution in [3.8, 4) is 11.5 Å². The number of benzene rings is 3. The van der Waals surface area contributed by atoms with Crippen LogP contribution in [0.2, 0.25) is 0 Å². The minimum atomic E-state index is -3.52. The molecule has 2 atom stereocenters. The molecule has 3 N–H and O–H groups in total. The van der Waals surface area contributed by atoms with E-state index in [2.05, 4.69) is 34.3 Å². The Morgan fingerprint density at radius 2 is 1.75 bits per heavy atom. The van der Waals surface area contributed by atoms with Gasteiger partial charge in [0.2, 0.25) is 10.0 Å². The summed E-state index contributed by atoms with van der Waals surface area (Å²) in [6.07, 6.45) is 3.70. The summed E-state index contributed by atoms with van der Waals surface area (Å²) in [6, 6.07) is 23.2. The van der Waals surface area contributed by atoms with Crippen molar-refractivity contribution in [2.75, 3.05) is 30.7 Å². The predicted molar refractivity (Wildman–Crippen MR) is 142 cm³/mol. The average Bonchev–Trinajstić information content (AvgIpc) is 2.86. The number of sulfonamides is 1. The molecule has 0 bridgehead atoms. The lowest BCUT2D eigenvalue weighted by Gasteiger charge is -2.25. The molecular formula is C28H34N2O5S. The van der Waals surface area contributed by atoms with Crippen molar-refractivity contribution in [2.24, 2.45) is 5.92 Å². The Morgan fingerprint density at radius 1 is 1.00 bits per heavy atom. The third-order valence-electron chi connectivity index (χ3n) is 6.19. The Morgan fingerprint density at radius 3 is 2.53 bits per heavy atom. The van der Waals surface area contributed by atoms with Crippen molar-refractivity contribution in [1.82, 2.24) is 5.32 Å². The number of hydrogen-bond donors (Lipinski definition) is 3. The monoisotopic (exact) mass is 510 g/mol. The maximum absolute atomic E-state index is 11.9. The smallest absolute Gasteiger partial charge is 0.229 e.